The number of amidine groups is 1. The van der Waals surface area contributed by atoms with Gasteiger partial charge in [-0.25, -0.2) is 9.79 Å². The molecule has 0 saturated carbocycles. The number of esters is 1. The van der Waals surface area contributed by atoms with E-state index in [2.05, 4.69) is 10.3 Å². The van der Waals surface area contributed by atoms with Gasteiger partial charge >= 0.3 is 5.97 Å². The minimum atomic E-state index is -0.558. The Bertz CT molecular complexity index is 1310. The van der Waals surface area contributed by atoms with Crippen molar-refractivity contribution in [2.45, 2.75) is 26.0 Å². The van der Waals surface area contributed by atoms with E-state index in [0.717, 1.165) is 23.4 Å². The molecule has 0 radical (unpaired) electrons. The van der Waals surface area contributed by atoms with Crippen molar-refractivity contribution in [2.75, 3.05) is 41.4 Å². The van der Waals surface area contributed by atoms with Gasteiger partial charge in [-0.05, 0) is 49.7 Å². The van der Waals surface area contributed by atoms with Gasteiger partial charge in [0.05, 0.1) is 38.0 Å². The first-order valence-corrected chi connectivity index (χ1v) is 13.5. The number of thioether (sulfide) groups is 1. The van der Waals surface area contributed by atoms with Gasteiger partial charge in [0.25, 0.3) is 0 Å². The summed E-state index contributed by atoms with van der Waals surface area (Å²) in [7, 11) is 6.85. The number of hydrogen-bond donors (Lipinski definition) is 1. The van der Waals surface area contributed by atoms with Crippen molar-refractivity contribution in [1.82, 2.24) is 15.1 Å². The second kappa shape index (κ2) is 12.9. The molecule has 2 aromatic carbocycles. The number of nitrogens with zero attached hydrogens (tertiary/aromatic N) is 3. The molecule has 9 nitrogen and oxygen atoms in total. The van der Waals surface area contributed by atoms with E-state index in [1.807, 2.05) is 77.8 Å². The number of likely N-dealkylation sites (N-methyl/N-ethyl adjacent to an activating group) is 1. The van der Waals surface area contributed by atoms with E-state index in [4.69, 9.17) is 14.2 Å². The van der Waals surface area contributed by atoms with Gasteiger partial charge in [-0.3, -0.25) is 4.79 Å². The molecular weight excluding hydrogens is 516 g/mol. The summed E-state index contributed by atoms with van der Waals surface area (Å²) in [5.74, 6) is 0.544. The molecule has 2 aliphatic heterocycles. The number of carbonyl (C=O) groups is 2. The van der Waals surface area contributed by atoms with Gasteiger partial charge in [0.15, 0.2) is 16.7 Å². The van der Waals surface area contributed by atoms with Crippen molar-refractivity contribution in [2.24, 2.45) is 4.99 Å². The summed E-state index contributed by atoms with van der Waals surface area (Å²) in [6, 6.07) is 14.9. The molecule has 0 spiro atoms. The third kappa shape index (κ3) is 6.63. The molecule has 0 bridgehead atoms. The molecule has 4 rings (SSSR count). The van der Waals surface area contributed by atoms with E-state index < -0.39 is 12.0 Å². The first-order chi connectivity index (χ1) is 18.8. The van der Waals surface area contributed by atoms with Crippen LogP contribution in [0.4, 0.5) is 0 Å². The summed E-state index contributed by atoms with van der Waals surface area (Å²) >= 11 is 1.43. The largest absolute Gasteiger partial charge is 0.493 e. The lowest BCUT2D eigenvalue weighted by Crippen LogP contribution is -2.38. The minimum absolute atomic E-state index is 0.100. The fourth-order valence-electron chi connectivity index (χ4n) is 4.41. The van der Waals surface area contributed by atoms with Gasteiger partial charge in [0, 0.05) is 18.8 Å². The zero-order valence-corrected chi connectivity index (χ0v) is 23.7. The molecule has 39 heavy (non-hydrogen) atoms. The van der Waals surface area contributed by atoms with E-state index >= 15 is 0 Å². The number of carbonyl (C=O) groups excluding carboxylic acids is 2. The lowest BCUT2D eigenvalue weighted by molar-refractivity contribution is -0.136. The summed E-state index contributed by atoms with van der Waals surface area (Å²) in [4.78, 5) is 34.4. The summed E-state index contributed by atoms with van der Waals surface area (Å²) in [5, 5.41) is 5.58. The number of rotatable bonds is 11. The maximum Gasteiger partial charge on any atom is 0.338 e. The normalized spacial score (nSPS) is 16.5. The fraction of sp³-hybridized carbons (Fsp3) is 0.345. The Morgan fingerprint density at radius 1 is 1.10 bits per heavy atom. The minimum Gasteiger partial charge on any atom is -0.493 e. The van der Waals surface area contributed by atoms with Crippen molar-refractivity contribution in [3.05, 3.63) is 82.0 Å². The Hall–Kier alpha value is -3.76. The second-order valence-electron chi connectivity index (χ2n) is 9.40. The number of amides is 1. The topological polar surface area (TPSA) is 92.7 Å². The summed E-state index contributed by atoms with van der Waals surface area (Å²) < 4.78 is 16.9. The van der Waals surface area contributed by atoms with Crippen LogP contribution in [0.3, 0.4) is 0 Å². The van der Waals surface area contributed by atoms with Crippen molar-refractivity contribution in [3.8, 4) is 11.5 Å². The monoisotopic (exact) mass is 550 g/mol. The van der Waals surface area contributed by atoms with Crippen LogP contribution in [-0.4, -0.2) is 68.2 Å². The van der Waals surface area contributed by atoms with Gasteiger partial charge in [-0.2, -0.15) is 0 Å². The van der Waals surface area contributed by atoms with Gasteiger partial charge in [0.1, 0.15) is 6.61 Å². The van der Waals surface area contributed by atoms with Crippen molar-refractivity contribution in [3.63, 3.8) is 0 Å². The van der Waals surface area contributed by atoms with Crippen LogP contribution in [0.5, 0.6) is 11.5 Å². The molecule has 0 saturated heterocycles. The number of benzene rings is 2. The van der Waals surface area contributed by atoms with Crippen LogP contribution >= 0.6 is 11.8 Å². The van der Waals surface area contributed by atoms with Crippen LogP contribution < -0.4 is 14.8 Å². The number of hydrogen-bond acceptors (Lipinski definition) is 9. The maximum absolute atomic E-state index is 13.0. The average Bonchev–Trinajstić information content (AvgIpc) is 3.32. The molecule has 2 aliphatic rings. The maximum atomic E-state index is 13.0. The number of nitrogens with one attached hydrogen (secondary N) is 1. The number of ether oxygens (including phenoxy) is 3. The summed E-state index contributed by atoms with van der Waals surface area (Å²) in [6.07, 6.45) is 0.152. The van der Waals surface area contributed by atoms with Crippen LogP contribution in [0.15, 0.2) is 75.9 Å². The highest BCUT2D eigenvalue weighted by atomic mass is 32.2. The Kier molecular flexibility index (Phi) is 9.32. The van der Waals surface area contributed by atoms with Crippen LogP contribution in [0.2, 0.25) is 0 Å². The van der Waals surface area contributed by atoms with Crippen molar-refractivity contribution >= 4 is 28.8 Å². The molecule has 0 aliphatic carbocycles. The molecule has 1 unspecified atom stereocenters. The smallest absolute Gasteiger partial charge is 0.338 e. The number of methoxy groups -OCH3 is 2. The number of allylic oxidation sites excluding steroid dienone is 1. The van der Waals surface area contributed by atoms with Gasteiger partial charge in [-0.15, -0.1) is 0 Å². The molecule has 206 valence electrons. The number of aliphatic imine (C=N–C) groups is 1. The van der Waals surface area contributed by atoms with Crippen molar-refractivity contribution < 1.29 is 23.8 Å². The fourth-order valence-corrected chi connectivity index (χ4v) is 5.38. The Morgan fingerprint density at radius 2 is 1.87 bits per heavy atom. The first kappa shape index (κ1) is 28.3. The molecule has 2 aromatic rings. The predicted molar refractivity (Wildman–Crippen MR) is 152 cm³/mol. The molecule has 1 atom stereocenters. The number of fused-ring (bicyclic) bond motifs is 1. The van der Waals surface area contributed by atoms with Gasteiger partial charge in [0.2, 0.25) is 5.91 Å². The lowest BCUT2D eigenvalue weighted by Gasteiger charge is -2.36. The van der Waals surface area contributed by atoms with Crippen LogP contribution in [0.1, 0.15) is 30.5 Å². The Balaban J connectivity index is 1.64. The highest BCUT2D eigenvalue weighted by Crippen LogP contribution is 2.46. The molecule has 2 heterocycles. The molecule has 0 fully saturated rings. The molecule has 1 N–H and O–H groups in total. The SMILES string of the molecule is COC(=O)C1=C(C)N=C2SC=C(CC(=O)NCCN(C)C)N2C1c1ccc(OCc2ccccc2)c(OC)c1. The summed E-state index contributed by atoms with van der Waals surface area (Å²) in [6.45, 7) is 3.47. The molecule has 1 amide bonds. The average molecular weight is 551 g/mol. The van der Waals surface area contributed by atoms with E-state index in [9.17, 15) is 9.59 Å². The first-order valence-electron chi connectivity index (χ1n) is 12.6. The van der Waals surface area contributed by atoms with E-state index in [-0.39, 0.29) is 12.3 Å². The highest BCUT2D eigenvalue weighted by molar-refractivity contribution is 8.16. The van der Waals surface area contributed by atoms with Gasteiger partial charge in [-0.1, -0.05) is 48.2 Å². The third-order valence-corrected chi connectivity index (χ3v) is 7.26. The van der Waals surface area contributed by atoms with Crippen LogP contribution in [-0.2, 0) is 20.9 Å². The van der Waals surface area contributed by atoms with Crippen LogP contribution in [0, 0.1) is 0 Å². The molecule has 10 heteroatoms. The third-order valence-electron chi connectivity index (χ3n) is 6.37. The predicted octanol–water partition coefficient (Wildman–Crippen LogP) is 4.09. The second-order valence-corrected chi connectivity index (χ2v) is 10.2. The molecular formula is C29H34N4O5S. The Morgan fingerprint density at radius 3 is 2.56 bits per heavy atom. The standard InChI is InChI=1S/C29H34N4O5S/c1-19-26(28(35)37-5)27(33-22(18-39-29(33)31-19)16-25(34)30-13-14-32(2)3)21-11-12-23(24(15-21)36-4)38-17-20-9-7-6-8-10-20/h6-12,15,18,27H,13-14,16-17H2,1-5H3,(H,30,34). The van der Waals surface area contributed by atoms with E-state index in [1.165, 1.54) is 18.9 Å². The Labute approximate surface area is 233 Å². The van der Waals surface area contributed by atoms with Gasteiger partial charge < -0.3 is 29.3 Å². The highest BCUT2D eigenvalue weighted by Gasteiger charge is 2.41. The zero-order valence-electron chi connectivity index (χ0n) is 22.9. The quantitative estimate of drug-likeness (QED) is 0.419. The molecule has 0 aromatic heterocycles. The van der Waals surface area contributed by atoms with E-state index in [1.54, 1.807) is 14.0 Å². The summed E-state index contributed by atoms with van der Waals surface area (Å²) in [5.41, 5.74) is 3.55. The lowest BCUT2D eigenvalue weighted by atomic mass is 9.93. The van der Waals surface area contributed by atoms with Crippen molar-refractivity contribution in [1.29, 1.82) is 0 Å². The van der Waals surface area contributed by atoms with E-state index in [0.29, 0.717) is 41.1 Å². The zero-order chi connectivity index (χ0) is 27.9. The van der Waals surface area contributed by atoms with Crippen LogP contribution in [0.25, 0.3) is 0 Å².